The zero-order valence-electron chi connectivity index (χ0n) is 51.0. The van der Waals surface area contributed by atoms with E-state index < -0.39 is 0 Å². The Balaban J connectivity index is 1.23. The summed E-state index contributed by atoms with van der Waals surface area (Å²) in [5.41, 5.74) is 28.6. The molecule has 76 heavy (non-hydrogen) atoms. The zero-order chi connectivity index (χ0) is 54.8. The molecule has 6 aliphatic rings. The van der Waals surface area contributed by atoms with E-state index in [0.717, 1.165) is 24.9 Å². The Labute approximate surface area is 460 Å². The molecule has 398 valence electrons. The maximum atomic E-state index is 7.98. The SMILES string of the molecule is Cc1cc2c3c(c1)N(c1ccc(C(C)(C)C)cc1-c1cc4c(cc1C)C(C)(C)CCC4(C)C)c1c(oc4c1C(C)(C)CCC4(C)C)B3c1cc3c(cc1N2c1ccc2c(c1)C(C)(C)CCC2(C)C)C(C)(C)CCC3(C)C. The van der Waals surface area contributed by atoms with E-state index in [1.54, 1.807) is 0 Å². The summed E-state index contributed by atoms with van der Waals surface area (Å²) < 4.78 is 7.98. The van der Waals surface area contributed by atoms with Crippen LogP contribution in [0.3, 0.4) is 0 Å². The van der Waals surface area contributed by atoms with E-state index in [0.29, 0.717) is 0 Å². The normalized spacial score (nSPS) is 22.1. The van der Waals surface area contributed by atoms with Gasteiger partial charge in [0, 0.05) is 39.3 Å². The first kappa shape index (κ1) is 51.8. The van der Waals surface area contributed by atoms with Crippen LogP contribution in [0.15, 0.2) is 77.2 Å². The van der Waals surface area contributed by atoms with E-state index in [4.69, 9.17) is 4.42 Å². The van der Waals surface area contributed by atoms with Crippen molar-refractivity contribution in [2.45, 2.75) is 245 Å². The number of benzene rings is 5. The van der Waals surface area contributed by atoms with Crippen molar-refractivity contribution >= 4 is 57.4 Å². The fourth-order valence-electron chi connectivity index (χ4n) is 15.6. The van der Waals surface area contributed by atoms with Crippen molar-refractivity contribution in [3.05, 3.63) is 134 Å². The van der Waals surface area contributed by atoms with E-state index in [9.17, 15) is 0 Å². The quantitative estimate of drug-likeness (QED) is 0.164. The highest BCUT2D eigenvalue weighted by Gasteiger charge is 2.54. The summed E-state index contributed by atoms with van der Waals surface area (Å²) in [4.78, 5) is 5.47. The minimum atomic E-state index is -0.139. The largest absolute Gasteiger partial charge is 0.472 e. The van der Waals surface area contributed by atoms with Gasteiger partial charge in [-0.25, -0.2) is 0 Å². The molecule has 0 unspecified atom stereocenters. The third kappa shape index (κ3) is 7.46. The molecular formula is C72H91BN2O. The van der Waals surface area contributed by atoms with Crippen molar-refractivity contribution in [1.29, 1.82) is 0 Å². The number of nitrogens with zero attached hydrogens (tertiary/aromatic N) is 2. The second-order valence-corrected chi connectivity index (χ2v) is 31.8. The standard InChI is InChI=1S/C72H91BN2O/c1-42-34-57-60-58(35-42)75(55-25-22-44(64(3,4)5)37-47(55)46-39-51-49(36-43(46)2)66(8,9)28-29-68(51,12)13)61-59-62(72(20,21)33-32-71(59,18)19)76-63(61)73(60)54-40-52-53(70(16,17)31-30-69(52,14)15)41-56(54)74(57)45-23-24-48-50(38-45)67(10,11)27-26-65(48,6)7/h22-25,34-41H,26-33H2,1-21H3. The second kappa shape index (κ2) is 15.9. The summed E-state index contributed by atoms with van der Waals surface area (Å²) in [5, 5.41) is 0. The van der Waals surface area contributed by atoms with Crippen LogP contribution in [0.2, 0.25) is 0 Å². The Kier molecular flexibility index (Phi) is 10.8. The smallest absolute Gasteiger partial charge is 0.297 e. The van der Waals surface area contributed by atoms with Crippen molar-refractivity contribution in [2.24, 2.45) is 0 Å². The van der Waals surface area contributed by atoms with Gasteiger partial charge in [0.1, 0.15) is 5.76 Å². The van der Waals surface area contributed by atoms with E-state index in [1.165, 1.54) is 150 Å². The number of fused-ring (bicyclic) bond motifs is 9. The average Bonchev–Trinajstić information content (AvgIpc) is 3.82. The highest BCUT2D eigenvalue weighted by Crippen LogP contribution is 2.58. The second-order valence-electron chi connectivity index (χ2n) is 31.8. The van der Waals surface area contributed by atoms with Crippen LogP contribution in [-0.2, 0) is 48.7 Å². The van der Waals surface area contributed by atoms with Crippen molar-refractivity contribution < 1.29 is 4.42 Å². The van der Waals surface area contributed by atoms with Gasteiger partial charge in [-0.05, 0) is 224 Å². The van der Waals surface area contributed by atoms with Crippen molar-refractivity contribution in [1.82, 2.24) is 0 Å². The van der Waals surface area contributed by atoms with Crippen LogP contribution in [0.25, 0.3) is 11.1 Å². The summed E-state index contributed by atoms with van der Waals surface area (Å²) in [6, 6.07) is 30.8. The molecule has 0 saturated heterocycles. The van der Waals surface area contributed by atoms with Gasteiger partial charge < -0.3 is 14.2 Å². The number of hydrogen-bond acceptors (Lipinski definition) is 3. The molecule has 0 spiro atoms. The molecule has 12 rings (SSSR count). The third-order valence-corrected chi connectivity index (χ3v) is 21.4. The molecule has 5 aromatic carbocycles. The summed E-state index contributed by atoms with van der Waals surface area (Å²) in [6.45, 7) is 51.5. The van der Waals surface area contributed by atoms with Gasteiger partial charge in [-0.15, -0.1) is 0 Å². The highest BCUT2D eigenvalue weighted by atomic mass is 16.3. The Hall–Kier alpha value is -4.96. The molecule has 3 nitrogen and oxygen atoms in total. The fraction of sp³-hybridized carbons (Fsp3) is 0.528. The van der Waals surface area contributed by atoms with Gasteiger partial charge in [0.25, 0.3) is 6.71 Å². The number of aryl methyl sites for hydroxylation is 2. The molecule has 0 atom stereocenters. The van der Waals surface area contributed by atoms with Gasteiger partial charge in [0.2, 0.25) is 0 Å². The number of hydrogen-bond donors (Lipinski definition) is 0. The molecule has 4 heteroatoms. The molecule has 3 heterocycles. The molecule has 0 N–H and O–H groups in total. The van der Waals surface area contributed by atoms with Gasteiger partial charge in [0.15, 0.2) is 0 Å². The summed E-state index contributed by atoms with van der Waals surface area (Å²) >= 11 is 0. The molecule has 0 amide bonds. The predicted molar refractivity (Wildman–Crippen MR) is 327 cm³/mol. The Morgan fingerprint density at radius 1 is 0.434 bits per heavy atom. The first-order chi connectivity index (χ1) is 35.1. The van der Waals surface area contributed by atoms with E-state index in [-0.39, 0.29) is 55.4 Å². The topological polar surface area (TPSA) is 19.6 Å². The lowest BCUT2D eigenvalue weighted by Gasteiger charge is -2.47. The lowest BCUT2D eigenvalue weighted by molar-refractivity contribution is 0.282. The van der Waals surface area contributed by atoms with Gasteiger partial charge in [-0.1, -0.05) is 156 Å². The molecule has 0 bridgehead atoms. The van der Waals surface area contributed by atoms with Crippen LogP contribution in [0, 0.1) is 13.8 Å². The molecule has 1 aromatic heterocycles. The number of furan rings is 1. The molecule has 4 aliphatic carbocycles. The van der Waals surface area contributed by atoms with Gasteiger partial charge in [-0.3, -0.25) is 0 Å². The molecule has 6 aromatic rings. The van der Waals surface area contributed by atoms with Crippen molar-refractivity contribution in [3.8, 4) is 11.1 Å². The lowest BCUT2D eigenvalue weighted by atomic mass is 9.35. The van der Waals surface area contributed by atoms with Crippen LogP contribution in [0.4, 0.5) is 34.1 Å². The number of anilines is 6. The molecular weight excluding hydrogens is 920 g/mol. The van der Waals surface area contributed by atoms with Gasteiger partial charge in [0.05, 0.1) is 17.0 Å². The Morgan fingerprint density at radius 2 is 0.921 bits per heavy atom. The summed E-state index contributed by atoms with van der Waals surface area (Å²) in [7, 11) is 0. The molecule has 0 radical (unpaired) electrons. The molecule has 0 saturated carbocycles. The first-order valence-corrected chi connectivity index (χ1v) is 29.6. The molecule has 0 fully saturated rings. The van der Waals surface area contributed by atoms with E-state index in [1.807, 2.05) is 0 Å². The maximum Gasteiger partial charge on any atom is 0.297 e. The van der Waals surface area contributed by atoms with Crippen molar-refractivity contribution in [2.75, 3.05) is 9.80 Å². The lowest BCUT2D eigenvalue weighted by Crippen LogP contribution is -2.61. The van der Waals surface area contributed by atoms with Crippen LogP contribution < -0.4 is 26.4 Å². The number of rotatable bonds is 3. The van der Waals surface area contributed by atoms with Crippen LogP contribution in [-0.4, -0.2) is 6.71 Å². The first-order valence-electron chi connectivity index (χ1n) is 29.6. The third-order valence-electron chi connectivity index (χ3n) is 21.4. The van der Waals surface area contributed by atoms with Crippen LogP contribution in [0.5, 0.6) is 0 Å². The maximum absolute atomic E-state index is 7.98. The van der Waals surface area contributed by atoms with E-state index in [2.05, 4.69) is 228 Å². The monoisotopic (exact) mass is 1010 g/mol. The zero-order valence-corrected chi connectivity index (χ0v) is 51.0. The summed E-state index contributed by atoms with van der Waals surface area (Å²) in [6.07, 6.45) is 9.26. The van der Waals surface area contributed by atoms with E-state index >= 15 is 0 Å². The molecule has 2 aliphatic heterocycles. The Morgan fingerprint density at radius 3 is 1.50 bits per heavy atom. The van der Waals surface area contributed by atoms with Gasteiger partial charge in [-0.2, -0.15) is 0 Å². The van der Waals surface area contributed by atoms with Gasteiger partial charge >= 0.3 is 0 Å². The van der Waals surface area contributed by atoms with Crippen LogP contribution in [0.1, 0.15) is 244 Å². The summed E-state index contributed by atoms with van der Waals surface area (Å²) in [5.74, 6) is 1.18. The minimum absolute atomic E-state index is 0.0264. The van der Waals surface area contributed by atoms with Crippen LogP contribution >= 0.6 is 0 Å². The Bertz CT molecular complexity index is 3460. The highest BCUT2D eigenvalue weighted by molar-refractivity contribution is 6.99. The predicted octanol–water partition coefficient (Wildman–Crippen LogP) is 18.3. The average molecular weight is 1010 g/mol. The fourth-order valence-corrected chi connectivity index (χ4v) is 15.6. The minimum Gasteiger partial charge on any atom is -0.472 e. The van der Waals surface area contributed by atoms with Crippen molar-refractivity contribution in [3.63, 3.8) is 0 Å².